The van der Waals surface area contributed by atoms with Crippen molar-refractivity contribution in [2.24, 2.45) is 10.8 Å². The maximum Gasteiger partial charge on any atom is 0.314 e. The van der Waals surface area contributed by atoms with Gasteiger partial charge in [-0.25, -0.2) is 0 Å². The minimum Gasteiger partial charge on any atom is -0.469 e. The lowest BCUT2D eigenvalue weighted by Crippen LogP contribution is -2.60. The van der Waals surface area contributed by atoms with Crippen LogP contribution < -0.4 is 5.32 Å². The van der Waals surface area contributed by atoms with Gasteiger partial charge < -0.3 is 14.8 Å². The van der Waals surface area contributed by atoms with Crippen molar-refractivity contribution in [3.8, 4) is 0 Å². The van der Waals surface area contributed by atoms with E-state index in [9.17, 15) is 9.59 Å². The molecule has 1 aliphatic carbocycles. The van der Waals surface area contributed by atoms with Gasteiger partial charge in [0.15, 0.2) is 0 Å². The maximum atomic E-state index is 11.8. The summed E-state index contributed by atoms with van der Waals surface area (Å²) in [5.74, 6) is -0.603. The van der Waals surface area contributed by atoms with Crippen LogP contribution in [0.25, 0.3) is 0 Å². The molecule has 1 saturated carbocycles. The van der Waals surface area contributed by atoms with Crippen LogP contribution in [0.2, 0.25) is 0 Å². The van der Waals surface area contributed by atoms with Gasteiger partial charge in [0.2, 0.25) is 0 Å². The molecule has 15 heavy (non-hydrogen) atoms. The molecule has 1 saturated heterocycles. The normalized spacial score (nSPS) is 37.7. The van der Waals surface area contributed by atoms with E-state index in [-0.39, 0.29) is 11.9 Å². The summed E-state index contributed by atoms with van der Waals surface area (Å²) in [6, 6.07) is 0. The Labute approximate surface area is 88.1 Å². The van der Waals surface area contributed by atoms with Gasteiger partial charge in [0.25, 0.3) is 0 Å². The molecular weight excluding hydrogens is 198 g/mol. The number of nitrogens with one attached hydrogen (secondary N) is 1. The van der Waals surface area contributed by atoms with Gasteiger partial charge in [0, 0.05) is 13.1 Å². The summed E-state index contributed by atoms with van der Waals surface area (Å²) in [6.45, 7) is 1.02. The van der Waals surface area contributed by atoms with Crippen LogP contribution in [-0.4, -0.2) is 39.2 Å². The monoisotopic (exact) mass is 213 g/mol. The molecule has 2 rings (SSSR count). The lowest BCUT2D eigenvalue weighted by Gasteiger charge is -2.49. The highest BCUT2D eigenvalue weighted by Crippen LogP contribution is 2.60. The Morgan fingerprint density at radius 3 is 1.67 bits per heavy atom. The second-order valence-corrected chi connectivity index (χ2v) is 4.25. The molecule has 0 spiro atoms. The minimum atomic E-state index is -0.686. The van der Waals surface area contributed by atoms with Crippen molar-refractivity contribution in [3.05, 3.63) is 0 Å². The number of hydrogen-bond acceptors (Lipinski definition) is 5. The Morgan fingerprint density at radius 1 is 1.00 bits per heavy atom. The molecule has 0 bridgehead atoms. The first kappa shape index (κ1) is 10.4. The number of carbonyl (C=O) groups is 2. The van der Waals surface area contributed by atoms with Gasteiger partial charge >= 0.3 is 11.9 Å². The zero-order valence-corrected chi connectivity index (χ0v) is 8.96. The van der Waals surface area contributed by atoms with Crippen LogP contribution in [0.1, 0.15) is 12.8 Å². The van der Waals surface area contributed by atoms with E-state index in [2.05, 4.69) is 5.32 Å². The zero-order chi connectivity index (χ0) is 11.1. The molecule has 2 atom stereocenters. The van der Waals surface area contributed by atoms with Gasteiger partial charge in [-0.2, -0.15) is 0 Å². The molecule has 84 valence electrons. The van der Waals surface area contributed by atoms with Crippen LogP contribution in [0.4, 0.5) is 0 Å². The Hall–Kier alpha value is -1.10. The molecule has 0 aromatic rings. The molecule has 5 heteroatoms. The molecule has 2 unspecified atom stereocenters. The van der Waals surface area contributed by atoms with E-state index >= 15 is 0 Å². The minimum absolute atomic E-state index is 0.302. The van der Waals surface area contributed by atoms with Crippen LogP contribution in [0.5, 0.6) is 0 Å². The van der Waals surface area contributed by atoms with E-state index in [0.717, 1.165) is 0 Å². The first-order chi connectivity index (χ1) is 7.13. The van der Waals surface area contributed by atoms with E-state index in [1.54, 1.807) is 0 Å². The highest BCUT2D eigenvalue weighted by molar-refractivity contribution is 5.91. The van der Waals surface area contributed by atoms with Crippen LogP contribution in [0.3, 0.4) is 0 Å². The van der Waals surface area contributed by atoms with Crippen molar-refractivity contribution in [2.45, 2.75) is 12.8 Å². The number of rotatable bonds is 2. The molecule has 2 fully saturated rings. The standard InChI is InChI=1S/C10H15NO4/c1-14-7(12)9-3-4-10(9,6-11-5-9)8(13)15-2/h11H,3-6H2,1-2H3. The molecule has 0 amide bonds. The van der Waals surface area contributed by atoms with E-state index in [0.29, 0.717) is 25.9 Å². The van der Waals surface area contributed by atoms with E-state index in [1.807, 2.05) is 0 Å². The van der Waals surface area contributed by atoms with Crippen molar-refractivity contribution in [3.63, 3.8) is 0 Å². The van der Waals surface area contributed by atoms with Crippen LogP contribution in [-0.2, 0) is 19.1 Å². The summed E-state index contributed by atoms with van der Waals surface area (Å²) >= 11 is 0. The van der Waals surface area contributed by atoms with Crippen LogP contribution in [0.15, 0.2) is 0 Å². The summed E-state index contributed by atoms with van der Waals surface area (Å²) in [5, 5.41) is 3.09. The van der Waals surface area contributed by atoms with Crippen molar-refractivity contribution in [1.29, 1.82) is 0 Å². The van der Waals surface area contributed by atoms with Gasteiger partial charge in [-0.05, 0) is 12.8 Å². The third kappa shape index (κ3) is 1.01. The molecule has 1 heterocycles. The summed E-state index contributed by atoms with van der Waals surface area (Å²) in [5.41, 5.74) is -1.37. The highest BCUT2D eigenvalue weighted by atomic mass is 16.5. The summed E-state index contributed by atoms with van der Waals surface area (Å²) < 4.78 is 9.58. The number of esters is 2. The molecular formula is C10H15NO4. The predicted molar refractivity (Wildman–Crippen MR) is 51.0 cm³/mol. The third-order valence-electron chi connectivity index (χ3n) is 3.90. The van der Waals surface area contributed by atoms with Gasteiger partial charge in [-0.1, -0.05) is 0 Å². The Morgan fingerprint density at radius 2 is 1.40 bits per heavy atom. The number of ether oxygens (including phenoxy) is 2. The molecule has 0 aromatic carbocycles. The van der Waals surface area contributed by atoms with Gasteiger partial charge in [-0.15, -0.1) is 0 Å². The SMILES string of the molecule is COC(=O)C12CCC1(C(=O)OC)CNC2. The van der Waals surface area contributed by atoms with E-state index in [1.165, 1.54) is 14.2 Å². The first-order valence-corrected chi connectivity index (χ1v) is 5.00. The Kier molecular flexibility index (Phi) is 2.22. The maximum absolute atomic E-state index is 11.8. The summed E-state index contributed by atoms with van der Waals surface area (Å²) in [4.78, 5) is 23.5. The second kappa shape index (κ2) is 3.20. The quantitative estimate of drug-likeness (QED) is 0.638. The fourth-order valence-electron chi connectivity index (χ4n) is 2.86. The topological polar surface area (TPSA) is 64.6 Å². The molecule has 2 aliphatic rings. The van der Waals surface area contributed by atoms with Crippen molar-refractivity contribution in [1.82, 2.24) is 5.32 Å². The lowest BCUT2D eigenvalue weighted by molar-refractivity contribution is -0.187. The molecule has 1 N–H and O–H groups in total. The van der Waals surface area contributed by atoms with Crippen LogP contribution >= 0.6 is 0 Å². The van der Waals surface area contributed by atoms with Crippen LogP contribution in [0, 0.1) is 10.8 Å². The number of carbonyl (C=O) groups excluding carboxylic acids is 2. The molecule has 0 aromatic heterocycles. The van der Waals surface area contributed by atoms with Crippen molar-refractivity contribution < 1.29 is 19.1 Å². The highest BCUT2D eigenvalue weighted by Gasteiger charge is 2.71. The lowest BCUT2D eigenvalue weighted by atomic mass is 9.51. The Balaban J connectivity index is 2.33. The average molecular weight is 213 g/mol. The Bertz CT molecular complexity index is 287. The zero-order valence-electron chi connectivity index (χ0n) is 8.96. The number of methoxy groups -OCH3 is 2. The fraction of sp³-hybridized carbons (Fsp3) is 0.800. The largest absolute Gasteiger partial charge is 0.469 e. The smallest absolute Gasteiger partial charge is 0.314 e. The van der Waals surface area contributed by atoms with Gasteiger partial charge in [0.05, 0.1) is 25.0 Å². The van der Waals surface area contributed by atoms with Crippen molar-refractivity contribution in [2.75, 3.05) is 27.3 Å². The first-order valence-electron chi connectivity index (χ1n) is 5.00. The van der Waals surface area contributed by atoms with Gasteiger partial charge in [-0.3, -0.25) is 9.59 Å². The summed E-state index contributed by atoms with van der Waals surface area (Å²) in [6.07, 6.45) is 1.39. The van der Waals surface area contributed by atoms with Gasteiger partial charge in [0.1, 0.15) is 0 Å². The number of fused-ring (bicyclic) bond motifs is 1. The molecule has 0 radical (unpaired) electrons. The molecule has 1 aliphatic heterocycles. The fourth-order valence-corrected chi connectivity index (χ4v) is 2.86. The van der Waals surface area contributed by atoms with E-state index in [4.69, 9.17) is 9.47 Å². The van der Waals surface area contributed by atoms with Crippen molar-refractivity contribution >= 4 is 11.9 Å². The average Bonchev–Trinajstić information content (AvgIpc) is 2.50. The van der Waals surface area contributed by atoms with E-state index < -0.39 is 10.8 Å². The summed E-state index contributed by atoms with van der Waals surface area (Å²) in [7, 11) is 2.71. The third-order valence-corrected chi connectivity index (χ3v) is 3.90. The predicted octanol–water partition coefficient (Wildman–Crippen LogP) is -0.298. The molecule has 5 nitrogen and oxygen atoms in total. The second-order valence-electron chi connectivity index (χ2n) is 4.25. The number of hydrogen-bond donors (Lipinski definition) is 1.